The van der Waals surface area contributed by atoms with Gasteiger partial charge in [0.2, 0.25) is 17.7 Å². The number of carbonyl (C=O) groups excluding carboxylic acids is 5. The number of amides is 5. The molecule has 1 aromatic rings. The van der Waals surface area contributed by atoms with E-state index in [-0.39, 0.29) is 35.9 Å². The van der Waals surface area contributed by atoms with Crippen LogP contribution < -0.4 is 11.1 Å². The number of rotatable bonds is 4. The second kappa shape index (κ2) is 9.55. The Kier molecular flexibility index (Phi) is 6.56. The van der Waals surface area contributed by atoms with Crippen molar-refractivity contribution in [2.75, 3.05) is 13.1 Å². The number of imide groups is 2. The Bertz CT molecular complexity index is 1080. The predicted octanol–water partition coefficient (Wildman–Crippen LogP) is 0.559. The zero-order valence-electron chi connectivity index (χ0n) is 18.3. The van der Waals surface area contributed by atoms with E-state index in [1.54, 1.807) is 12.1 Å². The summed E-state index contributed by atoms with van der Waals surface area (Å²) in [6.07, 6.45) is 3.30. The first kappa shape index (κ1) is 22.7. The summed E-state index contributed by atoms with van der Waals surface area (Å²) in [5, 5.41) is 2.18. The summed E-state index contributed by atoms with van der Waals surface area (Å²) in [4.78, 5) is 64.6. The van der Waals surface area contributed by atoms with Crippen molar-refractivity contribution in [3.05, 3.63) is 34.9 Å². The van der Waals surface area contributed by atoms with E-state index in [1.165, 1.54) is 6.07 Å². The van der Waals surface area contributed by atoms with Crippen LogP contribution in [-0.2, 0) is 14.4 Å². The van der Waals surface area contributed by atoms with Gasteiger partial charge in [0.1, 0.15) is 6.04 Å². The molecule has 2 fully saturated rings. The van der Waals surface area contributed by atoms with E-state index < -0.39 is 29.7 Å². The van der Waals surface area contributed by atoms with Crippen LogP contribution in [0.1, 0.15) is 71.2 Å². The summed E-state index contributed by atoms with van der Waals surface area (Å²) >= 11 is 0. The highest BCUT2D eigenvalue weighted by Crippen LogP contribution is 2.29. The third-order valence-electron chi connectivity index (χ3n) is 6.28. The molecule has 1 aromatic carbocycles. The van der Waals surface area contributed by atoms with Crippen molar-refractivity contribution in [3.8, 4) is 11.8 Å². The topological polar surface area (TPSA) is 130 Å². The van der Waals surface area contributed by atoms with Gasteiger partial charge < -0.3 is 10.6 Å². The van der Waals surface area contributed by atoms with Crippen LogP contribution in [0.25, 0.3) is 0 Å². The van der Waals surface area contributed by atoms with Crippen molar-refractivity contribution in [1.29, 1.82) is 0 Å². The minimum atomic E-state index is -1.01. The molecule has 33 heavy (non-hydrogen) atoms. The van der Waals surface area contributed by atoms with Gasteiger partial charge in [-0.05, 0) is 37.8 Å². The van der Waals surface area contributed by atoms with Crippen LogP contribution in [0.5, 0.6) is 0 Å². The molecular formula is C24H26N4O5. The lowest BCUT2D eigenvalue weighted by Crippen LogP contribution is -2.54. The number of unbranched alkanes of at least 4 members (excludes halogenated alkanes) is 1. The van der Waals surface area contributed by atoms with Crippen molar-refractivity contribution in [3.63, 3.8) is 0 Å². The second-order valence-electron chi connectivity index (χ2n) is 8.55. The van der Waals surface area contributed by atoms with Crippen LogP contribution in [0.2, 0.25) is 0 Å². The smallest absolute Gasteiger partial charge is 0.263 e. The molecule has 0 spiro atoms. The molecule has 2 saturated heterocycles. The molecule has 3 aliphatic rings. The SMILES string of the molecule is NC1CCN(C(=O)CCCC#Cc2cccc3c2C(=O)N(C2CCC(=O)NC2=O)C3=O)CC1. The maximum Gasteiger partial charge on any atom is 0.263 e. The van der Waals surface area contributed by atoms with Gasteiger partial charge in [-0.1, -0.05) is 17.9 Å². The number of hydrogen-bond acceptors (Lipinski definition) is 6. The van der Waals surface area contributed by atoms with Crippen molar-refractivity contribution >= 4 is 29.5 Å². The predicted molar refractivity (Wildman–Crippen MR) is 118 cm³/mol. The number of nitrogens with one attached hydrogen (secondary N) is 1. The van der Waals surface area contributed by atoms with E-state index >= 15 is 0 Å². The Balaban J connectivity index is 1.39. The van der Waals surface area contributed by atoms with Crippen LogP contribution in [-0.4, -0.2) is 64.5 Å². The molecule has 172 valence electrons. The zero-order valence-corrected chi connectivity index (χ0v) is 18.3. The number of likely N-dealkylation sites (tertiary alicyclic amines) is 1. The number of hydrogen-bond donors (Lipinski definition) is 2. The molecule has 4 rings (SSSR count). The van der Waals surface area contributed by atoms with Gasteiger partial charge in [0.15, 0.2) is 0 Å². The largest absolute Gasteiger partial charge is 0.343 e. The Morgan fingerprint density at radius 1 is 1.09 bits per heavy atom. The van der Waals surface area contributed by atoms with E-state index in [1.807, 2.05) is 4.90 Å². The molecule has 0 saturated carbocycles. The van der Waals surface area contributed by atoms with Crippen molar-refractivity contribution < 1.29 is 24.0 Å². The monoisotopic (exact) mass is 450 g/mol. The van der Waals surface area contributed by atoms with Crippen molar-refractivity contribution in [2.45, 2.75) is 57.0 Å². The van der Waals surface area contributed by atoms with E-state index in [9.17, 15) is 24.0 Å². The van der Waals surface area contributed by atoms with Crippen LogP contribution in [0.4, 0.5) is 0 Å². The number of benzene rings is 1. The van der Waals surface area contributed by atoms with Gasteiger partial charge in [0, 0.05) is 44.0 Å². The molecule has 1 atom stereocenters. The Morgan fingerprint density at radius 3 is 2.58 bits per heavy atom. The third-order valence-corrected chi connectivity index (χ3v) is 6.28. The molecule has 9 nitrogen and oxygen atoms in total. The maximum atomic E-state index is 13.0. The standard InChI is InChI=1S/C24H26N4O5/c25-16-11-13-27(14-12-16)20(30)8-3-1-2-5-15-6-4-7-17-21(15)24(33)28(23(17)32)18-9-10-19(29)26-22(18)31/h4,6-7,16,18H,1,3,8-14,25H2,(H,26,29,31). The fourth-order valence-corrected chi connectivity index (χ4v) is 4.41. The molecule has 1 unspecified atom stereocenters. The zero-order chi connectivity index (χ0) is 23.5. The maximum absolute atomic E-state index is 13.0. The molecule has 3 N–H and O–H groups in total. The molecule has 0 bridgehead atoms. The van der Waals surface area contributed by atoms with E-state index in [4.69, 9.17) is 5.73 Å². The number of fused-ring (bicyclic) bond motifs is 1. The van der Waals surface area contributed by atoms with E-state index in [0.29, 0.717) is 37.9 Å². The summed E-state index contributed by atoms with van der Waals surface area (Å²) in [6, 6.07) is 4.01. The van der Waals surface area contributed by atoms with Gasteiger partial charge in [-0.25, -0.2) is 0 Å². The van der Waals surface area contributed by atoms with Crippen LogP contribution >= 0.6 is 0 Å². The summed E-state index contributed by atoms with van der Waals surface area (Å²) in [5.41, 5.74) is 6.67. The minimum Gasteiger partial charge on any atom is -0.343 e. The molecular weight excluding hydrogens is 424 g/mol. The highest BCUT2D eigenvalue weighted by atomic mass is 16.2. The van der Waals surface area contributed by atoms with Gasteiger partial charge in [-0.2, -0.15) is 0 Å². The molecule has 3 heterocycles. The number of piperidine rings is 2. The molecule has 0 aliphatic carbocycles. The first-order chi connectivity index (χ1) is 15.9. The highest BCUT2D eigenvalue weighted by molar-refractivity contribution is 6.24. The first-order valence-electron chi connectivity index (χ1n) is 11.2. The Hall–Kier alpha value is -3.51. The third kappa shape index (κ3) is 4.66. The fraction of sp³-hybridized carbons (Fsp3) is 0.458. The van der Waals surface area contributed by atoms with E-state index in [2.05, 4.69) is 17.2 Å². The average Bonchev–Trinajstić information content (AvgIpc) is 3.05. The van der Waals surface area contributed by atoms with Gasteiger partial charge >= 0.3 is 0 Å². The van der Waals surface area contributed by atoms with Crippen molar-refractivity contribution in [2.24, 2.45) is 5.73 Å². The van der Waals surface area contributed by atoms with Crippen LogP contribution in [0.15, 0.2) is 18.2 Å². The quantitative estimate of drug-likeness (QED) is 0.392. The first-order valence-corrected chi connectivity index (χ1v) is 11.2. The van der Waals surface area contributed by atoms with Gasteiger partial charge in [0.25, 0.3) is 11.8 Å². The lowest BCUT2D eigenvalue weighted by molar-refractivity contribution is -0.136. The molecule has 9 heteroatoms. The van der Waals surface area contributed by atoms with Crippen LogP contribution in [0.3, 0.4) is 0 Å². The Morgan fingerprint density at radius 2 is 1.85 bits per heavy atom. The normalized spacial score (nSPS) is 20.9. The van der Waals surface area contributed by atoms with Gasteiger partial charge in [0.05, 0.1) is 11.1 Å². The lowest BCUT2D eigenvalue weighted by atomic mass is 10.0. The minimum absolute atomic E-state index is 0.0689. The van der Waals surface area contributed by atoms with Crippen molar-refractivity contribution in [1.82, 2.24) is 15.1 Å². The number of nitrogens with zero attached hydrogens (tertiary/aromatic N) is 2. The summed E-state index contributed by atoms with van der Waals surface area (Å²) < 4.78 is 0. The lowest BCUT2D eigenvalue weighted by Gasteiger charge is -2.30. The molecule has 5 amide bonds. The highest BCUT2D eigenvalue weighted by Gasteiger charge is 2.45. The van der Waals surface area contributed by atoms with Gasteiger partial charge in [-0.3, -0.25) is 34.2 Å². The molecule has 0 aromatic heterocycles. The number of carbonyl (C=O) groups is 5. The number of nitrogens with two attached hydrogens (primary N) is 1. The van der Waals surface area contributed by atoms with Crippen LogP contribution in [0, 0.1) is 11.8 Å². The summed E-state index contributed by atoms with van der Waals surface area (Å²) in [6.45, 7) is 1.39. The van der Waals surface area contributed by atoms with Gasteiger partial charge in [-0.15, -0.1) is 0 Å². The second-order valence-corrected chi connectivity index (χ2v) is 8.55. The fourth-order valence-electron chi connectivity index (χ4n) is 4.41. The molecule has 3 aliphatic heterocycles. The Labute approximate surface area is 191 Å². The average molecular weight is 450 g/mol. The summed E-state index contributed by atoms with van der Waals surface area (Å²) in [5.74, 6) is 3.86. The molecule has 0 radical (unpaired) electrons. The summed E-state index contributed by atoms with van der Waals surface area (Å²) in [7, 11) is 0. The van der Waals surface area contributed by atoms with E-state index in [0.717, 1.165) is 17.7 Å².